The van der Waals surface area contributed by atoms with Crippen LogP contribution in [-0.2, 0) is 21.4 Å². The molecule has 8 nitrogen and oxygen atoms in total. The molecule has 3 aromatic carbocycles. The third-order valence-electron chi connectivity index (χ3n) is 6.95. The number of anilines is 1. The van der Waals surface area contributed by atoms with E-state index in [0.29, 0.717) is 49.6 Å². The topological polar surface area (TPSA) is 90.0 Å². The van der Waals surface area contributed by atoms with E-state index in [9.17, 15) is 18.0 Å². The van der Waals surface area contributed by atoms with Crippen LogP contribution in [0.3, 0.4) is 0 Å². The van der Waals surface area contributed by atoms with Crippen LogP contribution < -0.4 is 5.32 Å². The molecule has 1 fully saturated rings. The number of hydrogen-bond acceptors (Lipinski definition) is 4. The SMILES string of the molecule is CCCN(CC(=O)N(Cc1ccccc1)C1CCN(C(=O)Nc2cccc(Cl)c2)CC1)S(=O)(=O)c1ccccc1. The summed E-state index contributed by atoms with van der Waals surface area (Å²) in [6.07, 6.45) is 1.75. The fourth-order valence-corrected chi connectivity index (χ4v) is 6.56. The minimum absolute atomic E-state index is 0.133. The van der Waals surface area contributed by atoms with Crippen LogP contribution in [-0.4, -0.2) is 66.7 Å². The molecule has 0 radical (unpaired) electrons. The monoisotopic (exact) mass is 582 g/mol. The first kappa shape index (κ1) is 29.6. The molecule has 3 amide bonds. The van der Waals surface area contributed by atoms with Crippen LogP contribution in [0.2, 0.25) is 5.02 Å². The van der Waals surface area contributed by atoms with E-state index < -0.39 is 10.0 Å². The molecule has 4 rings (SSSR count). The maximum atomic E-state index is 13.8. The average Bonchev–Trinajstić information content (AvgIpc) is 2.96. The van der Waals surface area contributed by atoms with Crippen LogP contribution in [0.25, 0.3) is 0 Å². The molecule has 1 N–H and O–H groups in total. The van der Waals surface area contributed by atoms with Crippen molar-refractivity contribution in [1.29, 1.82) is 0 Å². The van der Waals surface area contributed by atoms with E-state index >= 15 is 0 Å². The number of urea groups is 1. The fraction of sp³-hybridized carbons (Fsp3) is 0.333. The lowest BCUT2D eigenvalue weighted by atomic mass is 10.0. The lowest BCUT2D eigenvalue weighted by Gasteiger charge is -2.39. The third-order valence-corrected chi connectivity index (χ3v) is 9.04. The zero-order chi connectivity index (χ0) is 28.5. The van der Waals surface area contributed by atoms with Crippen LogP contribution in [0.1, 0.15) is 31.7 Å². The average molecular weight is 583 g/mol. The highest BCUT2D eigenvalue weighted by Crippen LogP contribution is 2.23. The molecule has 0 aromatic heterocycles. The summed E-state index contributed by atoms with van der Waals surface area (Å²) < 4.78 is 28.1. The largest absolute Gasteiger partial charge is 0.334 e. The number of likely N-dealkylation sites (tertiary alicyclic amines) is 1. The first-order chi connectivity index (χ1) is 19.3. The number of carbonyl (C=O) groups is 2. The minimum atomic E-state index is -3.83. The summed E-state index contributed by atoms with van der Waals surface area (Å²) in [4.78, 5) is 30.4. The predicted molar refractivity (Wildman–Crippen MR) is 158 cm³/mol. The summed E-state index contributed by atoms with van der Waals surface area (Å²) in [5.41, 5.74) is 1.58. The molecular weight excluding hydrogens is 548 g/mol. The Bertz CT molecular complexity index is 1380. The van der Waals surface area contributed by atoms with E-state index in [-0.39, 0.29) is 36.0 Å². The Morgan fingerprint density at radius 1 is 0.950 bits per heavy atom. The lowest BCUT2D eigenvalue weighted by molar-refractivity contribution is -0.135. The van der Waals surface area contributed by atoms with Crippen molar-refractivity contribution >= 4 is 39.2 Å². The molecule has 1 heterocycles. The van der Waals surface area contributed by atoms with Crippen molar-refractivity contribution in [3.63, 3.8) is 0 Å². The van der Waals surface area contributed by atoms with Crippen LogP contribution >= 0.6 is 11.6 Å². The second-order valence-corrected chi connectivity index (χ2v) is 12.2. The standard InChI is InChI=1S/C30H35ClN4O4S/c1-2-18-34(40(38,39)28-14-7-4-8-15-28)23-29(36)35(22-24-10-5-3-6-11-24)27-16-19-33(20-17-27)30(37)32-26-13-9-12-25(31)21-26/h3-15,21,27H,2,16-20,22-23H2,1H3,(H,32,37). The van der Waals surface area contributed by atoms with Gasteiger partial charge in [-0.25, -0.2) is 13.2 Å². The van der Waals surface area contributed by atoms with E-state index in [1.807, 2.05) is 37.3 Å². The molecule has 40 heavy (non-hydrogen) atoms. The van der Waals surface area contributed by atoms with Gasteiger partial charge >= 0.3 is 6.03 Å². The molecule has 1 saturated heterocycles. The number of rotatable bonds is 10. The molecule has 1 aliphatic heterocycles. The molecule has 212 valence electrons. The van der Waals surface area contributed by atoms with Gasteiger partial charge in [0.2, 0.25) is 15.9 Å². The molecule has 10 heteroatoms. The van der Waals surface area contributed by atoms with Gasteiger partial charge in [0.15, 0.2) is 0 Å². The summed E-state index contributed by atoms with van der Waals surface area (Å²) >= 11 is 6.04. The second-order valence-electron chi connectivity index (χ2n) is 9.82. The number of hydrogen-bond donors (Lipinski definition) is 1. The normalized spacial score (nSPS) is 14.2. The van der Waals surface area contributed by atoms with E-state index in [2.05, 4.69) is 5.32 Å². The number of amides is 3. The van der Waals surface area contributed by atoms with Gasteiger partial charge in [0.25, 0.3) is 0 Å². The number of sulfonamides is 1. The zero-order valence-corrected chi connectivity index (χ0v) is 24.2. The van der Waals surface area contributed by atoms with Crippen molar-refractivity contribution in [3.05, 3.63) is 95.5 Å². The zero-order valence-electron chi connectivity index (χ0n) is 22.6. The summed E-state index contributed by atoms with van der Waals surface area (Å²) in [6, 6.07) is 24.5. The van der Waals surface area contributed by atoms with Crippen LogP contribution in [0, 0.1) is 0 Å². The molecule has 0 unspecified atom stereocenters. The van der Waals surface area contributed by atoms with Gasteiger partial charge in [-0.1, -0.05) is 73.1 Å². The first-order valence-corrected chi connectivity index (χ1v) is 15.3. The van der Waals surface area contributed by atoms with Gasteiger partial charge in [0.1, 0.15) is 0 Å². The number of halogens is 1. The van der Waals surface area contributed by atoms with Gasteiger partial charge in [-0.15, -0.1) is 0 Å². The van der Waals surface area contributed by atoms with Crippen molar-refractivity contribution in [3.8, 4) is 0 Å². The number of piperidine rings is 1. The highest BCUT2D eigenvalue weighted by molar-refractivity contribution is 7.89. The predicted octanol–water partition coefficient (Wildman–Crippen LogP) is 5.47. The van der Waals surface area contributed by atoms with Crippen molar-refractivity contribution < 1.29 is 18.0 Å². The van der Waals surface area contributed by atoms with E-state index in [0.717, 1.165) is 5.56 Å². The van der Waals surface area contributed by atoms with E-state index in [1.165, 1.54) is 4.31 Å². The highest BCUT2D eigenvalue weighted by atomic mass is 35.5. The number of carbonyl (C=O) groups excluding carboxylic acids is 2. The Kier molecular flexibility index (Phi) is 10.2. The van der Waals surface area contributed by atoms with E-state index in [4.69, 9.17) is 11.6 Å². The summed E-state index contributed by atoms with van der Waals surface area (Å²) in [5.74, 6) is -0.251. The van der Waals surface area contributed by atoms with E-state index in [1.54, 1.807) is 64.4 Å². The maximum Gasteiger partial charge on any atom is 0.321 e. The Hall–Kier alpha value is -3.40. The molecule has 0 bridgehead atoms. The molecule has 3 aromatic rings. The first-order valence-electron chi connectivity index (χ1n) is 13.5. The summed E-state index contributed by atoms with van der Waals surface area (Å²) in [6.45, 7) is 3.19. The fourth-order valence-electron chi connectivity index (χ4n) is 4.87. The Labute approximate surface area is 241 Å². The van der Waals surface area contributed by atoms with Gasteiger partial charge in [0.05, 0.1) is 11.4 Å². The summed E-state index contributed by atoms with van der Waals surface area (Å²) in [5, 5.41) is 3.42. The third kappa shape index (κ3) is 7.62. The van der Waals surface area contributed by atoms with Crippen molar-refractivity contribution in [1.82, 2.24) is 14.1 Å². The maximum absolute atomic E-state index is 13.8. The van der Waals surface area contributed by atoms with Gasteiger partial charge in [-0.2, -0.15) is 4.31 Å². The molecule has 0 saturated carbocycles. The highest BCUT2D eigenvalue weighted by Gasteiger charge is 2.33. The molecular formula is C30H35ClN4O4S. The van der Waals surface area contributed by atoms with Gasteiger partial charge in [-0.3, -0.25) is 4.79 Å². The molecule has 0 aliphatic carbocycles. The second kappa shape index (κ2) is 13.8. The van der Waals surface area contributed by atoms with Gasteiger partial charge in [0, 0.05) is 42.9 Å². The Morgan fingerprint density at radius 3 is 2.23 bits per heavy atom. The van der Waals surface area contributed by atoms with Gasteiger partial charge in [-0.05, 0) is 55.2 Å². The molecule has 1 aliphatic rings. The minimum Gasteiger partial charge on any atom is -0.334 e. The quantitative estimate of drug-likeness (QED) is 0.343. The number of benzene rings is 3. The molecule has 0 atom stereocenters. The number of nitrogens with zero attached hydrogens (tertiary/aromatic N) is 3. The van der Waals surface area contributed by atoms with Gasteiger partial charge < -0.3 is 15.1 Å². The van der Waals surface area contributed by atoms with Crippen LogP contribution in [0.4, 0.5) is 10.5 Å². The van der Waals surface area contributed by atoms with Crippen LogP contribution in [0.5, 0.6) is 0 Å². The molecule has 0 spiro atoms. The van der Waals surface area contributed by atoms with Crippen molar-refractivity contribution in [2.24, 2.45) is 0 Å². The Morgan fingerprint density at radius 2 is 1.60 bits per heavy atom. The lowest BCUT2D eigenvalue weighted by Crippen LogP contribution is -2.51. The van der Waals surface area contributed by atoms with Crippen molar-refractivity contribution in [2.75, 3.05) is 31.5 Å². The van der Waals surface area contributed by atoms with Crippen molar-refractivity contribution in [2.45, 2.75) is 43.7 Å². The van der Waals surface area contributed by atoms with Crippen LogP contribution in [0.15, 0.2) is 89.8 Å². The smallest absolute Gasteiger partial charge is 0.321 e. The summed E-state index contributed by atoms with van der Waals surface area (Å²) in [7, 11) is -3.83. The number of nitrogens with one attached hydrogen (secondary N) is 1. The Balaban J connectivity index is 1.48.